The summed E-state index contributed by atoms with van der Waals surface area (Å²) in [6, 6.07) is 0. The number of aromatic nitrogens is 2. The second kappa shape index (κ2) is 4.86. The third kappa shape index (κ3) is 2.13. The zero-order valence-electron chi connectivity index (χ0n) is 12.4. The second-order valence-electron chi connectivity index (χ2n) is 5.88. The maximum absolute atomic E-state index is 11.6. The van der Waals surface area contributed by atoms with Gasteiger partial charge in [0, 0.05) is 50.8 Å². The van der Waals surface area contributed by atoms with Crippen molar-refractivity contribution in [3.63, 3.8) is 0 Å². The Balaban J connectivity index is 1.63. The highest BCUT2D eigenvalue weighted by Gasteiger charge is 2.46. The molecule has 1 aromatic heterocycles. The van der Waals surface area contributed by atoms with Crippen molar-refractivity contribution in [2.45, 2.75) is 39.0 Å². The Morgan fingerprint density at radius 3 is 2.55 bits per heavy atom. The first-order valence-corrected chi connectivity index (χ1v) is 7.15. The molecule has 2 aliphatic rings. The maximum Gasteiger partial charge on any atom is 0.250 e. The van der Waals surface area contributed by atoms with Crippen molar-refractivity contribution in [3.05, 3.63) is 17.0 Å². The molecular formula is C14H22N4O2. The maximum atomic E-state index is 11.6. The van der Waals surface area contributed by atoms with E-state index in [0.29, 0.717) is 0 Å². The van der Waals surface area contributed by atoms with Gasteiger partial charge in [0.15, 0.2) is 0 Å². The number of likely N-dealkylation sites (N-methyl/N-ethyl adjacent to an activating group) is 1. The van der Waals surface area contributed by atoms with Crippen molar-refractivity contribution in [1.82, 2.24) is 20.0 Å². The van der Waals surface area contributed by atoms with Crippen molar-refractivity contribution in [2.75, 3.05) is 26.7 Å². The first kappa shape index (κ1) is 13.6. The van der Waals surface area contributed by atoms with E-state index >= 15 is 0 Å². The number of rotatable bonds is 2. The van der Waals surface area contributed by atoms with Gasteiger partial charge in [-0.25, -0.2) is 0 Å². The molecule has 1 aromatic rings. The van der Waals surface area contributed by atoms with Crippen LogP contribution in [0.2, 0.25) is 0 Å². The molecule has 0 bridgehead atoms. The highest BCUT2D eigenvalue weighted by atomic mass is 16.5. The number of ether oxygens (including phenoxy) is 1. The van der Waals surface area contributed by atoms with Crippen molar-refractivity contribution >= 4 is 5.91 Å². The van der Waals surface area contributed by atoms with Crippen LogP contribution in [-0.4, -0.2) is 58.4 Å². The fourth-order valence-electron chi connectivity index (χ4n) is 3.19. The van der Waals surface area contributed by atoms with Crippen molar-refractivity contribution in [2.24, 2.45) is 0 Å². The molecule has 110 valence electrons. The van der Waals surface area contributed by atoms with E-state index in [0.717, 1.165) is 43.9 Å². The second-order valence-corrected chi connectivity index (χ2v) is 5.88. The summed E-state index contributed by atoms with van der Waals surface area (Å²) in [7, 11) is 1.86. The quantitative estimate of drug-likeness (QED) is 0.869. The number of carbonyl (C=O) groups is 1. The normalized spacial score (nSPS) is 22.9. The van der Waals surface area contributed by atoms with E-state index in [-0.39, 0.29) is 18.2 Å². The van der Waals surface area contributed by atoms with Crippen LogP contribution in [-0.2, 0) is 16.1 Å². The van der Waals surface area contributed by atoms with Gasteiger partial charge in [0.2, 0.25) is 0 Å². The Kier molecular flexibility index (Phi) is 3.30. The topological polar surface area (TPSA) is 61.5 Å². The number of hydrogen-bond acceptors (Lipinski definition) is 4. The fraction of sp³-hybridized carbons (Fsp3) is 0.714. The average molecular weight is 278 g/mol. The smallest absolute Gasteiger partial charge is 0.250 e. The standard InChI is InChI=1S/C14H22N4O2/c1-10-12(11(2)16-15-10)8-18-6-4-14(5-7-18)17(3)13(19)9-20-14/h4-9H2,1-3H3,(H,15,16). The number of nitrogens with zero attached hydrogens (tertiary/aromatic N) is 3. The molecule has 6 nitrogen and oxygen atoms in total. The van der Waals surface area contributed by atoms with Crippen LogP contribution in [0.4, 0.5) is 0 Å². The number of nitrogens with one attached hydrogen (secondary N) is 1. The van der Waals surface area contributed by atoms with Gasteiger partial charge in [-0.2, -0.15) is 5.10 Å². The van der Waals surface area contributed by atoms with Crippen LogP contribution in [0.25, 0.3) is 0 Å². The third-order valence-electron chi connectivity index (χ3n) is 4.75. The summed E-state index contributed by atoms with van der Waals surface area (Å²) in [6.45, 7) is 7.14. The van der Waals surface area contributed by atoms with Gasteiger partial charge in [-0.15, -0.1) is 0 Å². The summed E-state index contributed by atoms with van der Waals surface area (Å²) < 4.78 is 5.77. The predicted molar refractivity (Wildman–Crippen MR) is 74.0 cm³/mol. The van der Waals surface area contributed by atoms with Crippen LogP contribution in [0.3, 0.4) is 0 Å². The van der Waals surface area contributed by atoms with E-state index in [1.807, 2.05) is 14.0 Å². The summed E-state index contributed by atoms with van der Waals surface area (Å²) in [5.41, 5.74) is 3.16. The highest BCUT2D eigenvalue weighted by Crippen LogP contribution is 2.34. The number of likely N-dealkylation sites (tertiary alicyclic amines) is 1. The summed E-state index contributed by atoms with van der Waals surface area (Å²) in [5, 5.41) is 7.28. The lowest BCUT2D eigenvalue weighted by atomic mass is 9.98. The third-order valence-corrected chi connectivity index (χ3v) is 4.75. The first-order valence-electron chi connectivity index (χ1n) is 7.15. The van der Waals surface area contributed by atoms with Gasteiger partial charge in [-0.3, -0.25) is 14.8 Å². The Morgan fingerprint density at radius 2 is 2.05 bits per heavy atom. The lowest BCUT2D eigenvalue weighted by molar-refractivity contribution is -0.136. The predicted octanol–water partition coefficient (Wildman–Crippen LogP) is 0.807. The van der Waals surface area contributed by atoms with Crippen LogP contribution >= 0.6 is 0 Å². The zero-order chi connectivity index (χ0) is 14.3. The monoisotopic (exact) mass is 278 g/mol. The number of piperidine rings is 1. The molecule has 0 atom stereocenters. The van der Waals surface area contributed by atoms with Gasteiger partial charge in [-0.05, 0) is 13.8 Å². The van der Waals surface area contributed by atoms with Gasteiger partial charge < -0.3 is 9.64 Å². The molecule has 20 heavy (non-hydrogen) atoms. The molecule has 3 heterocycles. The SMILES string of the molecule is Cc1n[nH]c(C)c1CN1CCC2(CC1)OCC(=O)N2C. The summed E-state index contributed by atoms with van der Waals surface area (Å²) in [6.07, 6.45) is 1.76. The van der Waals surface area contributed by atoms with Gasteiger partial charge in [0.1, 0.15) is 12.3 Å². The number of amides is 1. The molecule has 0 aliphatic carbocycles. The summed E-state index contributed by atoms with van der Waals surface area (Å²) in [4.78, 5) is 15.9. The number of hydrogen-bond donors (Lipinski definition) is 1. The highest BCUT2D eigenvalue weighted by molar-refractivity contribution is 5.79. The van der Waals surface area contributed by atoms with E-state index in [1.165, 1.54) is 5.56 Å². The molecule has 1 spiro atoms. The molecule has 1 N–H and O–H groups in total. The van der Waals surface area contributed by atoms with E-state index in [1.54, 1.807) is 4.90 Å². The average Bonchev–Trinajstić information content (AvgIpc) is 2.90. The Bertz CT molecular complexity index is 498. The van der Waals surface area contributed by atoms with E-state index < -0.39 is 0 Å². The number of aromatic amines is 1. The van der Waals surface area contributed by atoms with Gasteiger partial charge in [0.05, 0.1) is 5.69 Å². The van der Waals surface area contributed by atoms with Gasteiger partial charge in [0.25, 0.3) is 5.91 Å². The Hall–Kier alpha value is -1.40. The largest absolute Gasteiger partial charge is 0.346 e. The van der Waals surface area contributed by atoms with E-state index in [4.69, 9.17) is 4.74 Å². The minimum absolute atomic E-state index is 0.0972. The summed E-state index contributed by atoms with van der Waals surface area (Å²) in [5.74, 6) is 0.0972. The molecule has 2 fully saturated rings. The number of aryl methyl sites for hydroxylation is 2. The van der Waals surface area contributed by atoms with Crippen molar-refractivity contribution in [1.29, 1.82) is 0 Å². The molecule has 6 heteroatoms. The van der Waals surface area contributed by atoms with Gasteiger partial charge >= 0.3 is 0 Å². The van der Waals surface area contributed by atoms with E-state index in [2.05, 4.69) is 22.0 Å². The van der Waals surface area contributed by atoms with Crippen LogP contribution in [0, 0.1) is 13.8 Å². The van der Waals surface area contributed by atoms with E-state index in [9.17, 15) is 4.79 Å². The molecule has 1 amide bonds. The fourth-order valence-corrected chi connectivity index (χ4v) is 3.19. The molecule has 0 radical (unpaired) electrons. The Labute approximate surface area is 119 Å². The molecule has 3 rings (SSSR count). The molecule has 0 aromatic carbocycles. The zero-order valence-corrected chi connectivity index (χ0v) is 12.4. The lowest BCUT2D eigenvalue weighted by Gasteiger charge is -2.42. The summed E-state index contributed by atoms with van der Waals surface area (Å²) >= 11 is 0. The van der Waals surface area contributed by atoms with Crippen molar-refractivity contribution < 1.29 is 9.53 Å². The molecule has 2 saturated heterocycles. The van der Waals surface area contributed by atoms with Crippen molar-refractivity contribution in [3.8, 4) is 0 Å². The minimum atomic E-state index is -0.353. The van der Waals surface area contributed by atoms with Crippen LogP contribution in [0.5, 0.6) is 0 Å². The number of carbonyl (C=O) groups excluding carboxylic acids is 1. The molecule has 2 aliphatic heterocycles. The van der Waals surface area contributed by atoms with Crippen LogP contribution in [0.15, 0.2) is 0 Å². The number of H-pyrrole nitrogens is 1. The minimum Gasteiger partial charge on any atom is -0.346 e. The first-order chi connectivity index (χ1) is 9.52. The Morgan fingerprint density at radius 1 is 1.35 bits per heavy atom. The molecule has 0 unspecified atom stereocenters. The van der Waals surface area contributed by atoms with Gasteiger partial charge in [-0.1, -0.05) is 0 Å². The molecule has 0 saturated carbocycles. The molecular weight excluding hydrogens is 256 g/mol. The van der Waals surface area contributed by atoms with Crippen LogP contribution in [0.1, 0.15) is 29.8 Å². The lowest BCUT2D eigenvalue weighted by Crippen LogP contribution is -2.52. The van der Waals surface area contributed by atoms with Crippen LogP contribution < -0.4 is 0 Å².